The Hall–Kier alpha value is -1.12. The molecule has 3 heteroatoms. The Morgan fingerprint density at radius 2 is 2.18 bits per heavy atom. The fraction of sp³-hybridized carbons (Fsp3) is 0.500. The molecular weight excluding hydrogens is 142 g/mol. The van der Waals surface area contributed by atoms with Gasteiger partial charge in [-0.15, -0.1) is 6.58 Å². The first-order valence-corrected chi connectivity index (χ1v) is 3.44. The second-order valence-corrected chi connectivity index (χ2v) is 2.73. The van der Waals surface area contributed by atoms with Gasteiger partial charge in [-0.3, -0.25) is 4.79 Å². The number of allylic oxidation sites excluding steroid dienone is 1. The van der Waals surface area contributed by atoms with Gasteiger partial charge in [0, 0.05) is 12.3 Å². The molecule has 62 valence electrons. The normalized spacial score (nSPS) is 12.1. The summed E-state index contributed by atoms with van der Waals surface area (Å²) in [6, 6.07) is 0. The van der Waals surface area contributed by atoms with Gasteiger partial charge in [-0.1, -0.05) is 5.57 Å². The second-order valence-electron chi connectivity index (χ2n) is 2.73. The largest absolute Gasteiger partial charge is 0.370 e. The molecule has 0 saturated carbocycles. The number of carbonyl (C=O) groups excluding carboxylic acids is 2. The molecule has 1 atom stereocenters. The average molecular weight is 155 g/mol. The van der Waals surface area contributed by atoms with E-state index in [1.807, 2.05) is 6.92 Å². The minimum atomic E-state index is -0.441. The number of hydrogen-bond donors (Lipinski definition) is 1. The third kappa shape index (κ3) is 5.33. The van der Waals surface area contributed by atoms with Crippen molar-refractivity contribution >= 4 is 12.2 Å². The molecule has 0 aromatic rings. The molecule has 2 N–H and O–H groups in total. The average Bonchev–Trinajstić information content (AvgIpc) is 1.84. The van der Waals surface area contributed by atoms with Crippen LogP contribution in [-0.4, -0.2) is 12.2 Å². The van der Waals surface area contributed by atoms with Crippen molar-refractivity contribution in [3.8, 4) is 0 Å². The van der Waals surface area contributed by atoms with Crippen LogP contribution < -0.4 is 5.73 Å². The number of amides is 1. The number of primary amides is 1. The zero-order valence-corrected chi connectivity index (χ0v) is 6.67. The molecule has 0 aromatic carbocycles. The van der Waals surface area contributed by atoms with Crippen molar-refractivity contribution in [3.63, 3.8) is 0 Å². The molecule has 0 aromatic heterocycles. The van der Waals surface area contributed by atoms with Crippen LogP contribution in [0.5, 0.6) is 0 Å². The number of carbonyl (C=O) groups is 2. The van der Waals surface area contributed by atoms with Crippen molar-refractivity contribution in [2.75, 3.05) is 0 Å². The second kappa shape index (κ2) is 4.66. The molecule has 3 nitrogen and oxygen atoms in total. The third-order valence-corrected chi connectivity index (χ3v) is 1.27. The Bertz CT molecular complexity index is 159. The van der Waals surface area contributed by atoms with E-state index in [0.29, 0.717) is 6.42 Å². The summed E-state index contributed by atoms with van der Waals surface area (Å²) in [5.74, 6) is -0.728. The smallest absolute Gasteiger partial charge is 0.218 e. The van der Waals surface area contributed by atoms with Crippen molar-refractivity contribution in [2.45, 2.75) is 19.8 Å². The summed E-state index contributed by atoms with van der Waals surface area (Å²) in [6.07, 6.45) is 1.42. The monoisotopic (exact) mass is 155 g/mol. The van der Waals surface area contributed by atoms with Crippen molar-refractivity contribution in [3.05, 3.63) is 12.2 Å². The van der Waals surface area contributed by atoms with E-state index in [-0.39, 0.29) is 12.3 Å². The molecule has 1 amide bonds. The molecule has 0 aliphatic heterocycles. The van der Waals surface area contributed by atoms with E-state index < -0.39 is 5.91 Å². The van der Waals surface area contributed by atoms with E-state index in [4.69, 9.17) is 5.73 Å². The number of hydrogen-bond acceptors (Lipinski definition) is 2. The highest BCUT2D eigenvalue weighted by Crippen LogP contribution is 2.10. The van der Waals surface area contributed by atoms with Gasteiger partial charge in [0.15, 0.2) is 0 Å². The Balaban J connectivity index is 3.85. The van der Waals surface area contributed by atoms with Crippen molar-refractivity contribution < 1.29 is 9.59 Å². The minimum Gasteiger partial charge on any atom is -0.370 e. The van der Waals surface area contributed by atoms with Gasteiger partial charge in [-0.2, -0.15) is 0 Å². The van der Waals surface area contributed by atoms with Crippen molar-refractivity contribution in [2.24, 2.45) is 11.7 Å². The maximum Gasteiger partial charge on any atom is 0.218 e. The first kappa shape index (κ1) is 9.88. The van der Waals surface area contributed by atoms with Crippen LogP contribution in [0.3, 0.4) is 0 Å². The molecular formula is C8H13NO2. The molecule has 0 fully saturated rings. The molecule has 0 rings (SSSR count). The predicted octanol–water partition coefficient (Wildman–Crippen LogP) is 0.643. The molecule has 1 unspecified atom stereocenters. The molecule has 11 heavy (non-hydrogen) atoms. The number of nitrogens with two attached hydrogens (primary N) is 1. The summed E-state index contributed by atoms with van der Waals surface area (Å²) in [6.45, 7) is 5.46. The lowest BCUT2D eigenvalue weighted by Gasteiger charge is -2.05. The Kier molecular flexibility index (Phi) is 4.18. The molecule has 0 saturated heterocycles. The van der Waals surface area contributed by atoms with E-state index in [0.717, 1.165) is 11.9 Å². The lowest BCUT2D eigenvalue weighted by molar-refractivity contribution is -0.121. The molecule has 0 radical (unpaired) electrons. The SMILES string of the molecule is C=C(C)CC(C=O)CC(N)=O. The number of rotatable bonds is 5. The van der Waals surface area contributed by atoms with Gasteiger partial charge in [-0.25, -0.2) is 0 Å². The third-order valence-electron chi connectivity index (χ3n) is 1.27. The molecule has 0 aliphatic carbocycles. The van der Waals surface area contributed by atoms with Crippen LogP contribution in [-0.2, 0) is 9.59 Å². The molecule has 0 spiro atoms. The Labute approximate surface area is 66.3 Å². The number of aldehydes is 1. The van der Waals surface area contributed by atoms with E-state index in [2.05, 4.69) is 6.58 Å². The van der Waals surface area contributed by atoms with Crippen molar-refractivity contribution in [1.29, 1.82) is 0 Å². The Morgan fingerprint density at radius 3 is 2.45 bits per heavy atom. The zero-order valence-electron chi connectivity index (χ0n) is 6.67. The van der Waals surface area contributed by atoms with Gasteiger partial charge in [0.1, 0.15) is 6.29 Å². The minimum absolute atomic E-state index is 0.121. The quantitative estimate of drug-likeness (QED) is 0.468. The van der Waals surface area contributed by atoms with Crippen LogP contribution in [0.1, 0.15) is 19.8 Å². The van der Waals surface area contributed by atoms with Gasteiger partial charge in [0.05, 0.1) is 0 Å². The molecule has 0 aliphatic rings. The van der Waals surface area contributed by atoms with Gasteiger partial charge in [-0.05, 0) is 13.3 Å². The van der Waals surface area contributed by atoms with Gasteiger partial charge in [0.25, 0.3) is 0 Å². The maximum atomic E-state index is 10.4. The van der Waals surface area contributed by atoms with Crippen LogP contribution in [0, 0.1) is 5.92 Å². The summed E-state index contributed by atoms with van der Waals surface area (Å²) in [7, 11) is 0. The van der Waals surface area contributed by atoms with E-state index in [1.54, 1.807) is 0 Å². The summed E-state index contributed by atoms with van der Waals surface area (Å²) >= 11 is 0. The summed E-state index contributed by atoms with van der Waals surface area (Å²) in [5.41, 5.74) is 5.81. The predicted molar refractivity (Wildman–Crippen MR) is 42.8 cm³/mol. The highest BCUT2D eigenvalue weighted by molar-refractivity contribution is 5.77. The van der Waals surface area contributed by atoms with Gasteiger partial charge >= 0.3 is 0 Å². The van der Waals surface area contributed by atoms with E-state index >= 15 is 0 Å². The van der Waals surface area contributed by atoms with Crippen molar-refractivity contribution in [1.82, 2.24) is 0 Å². The lowest BCUT2D eigenvalue weighted by Crippen LogP contribution is -2.17. The van der Waals surface area contributed by atoms with Crippen LogP contribution >= 0.6 is 0 Å². The first-order chi connectivity index (χ1) is 5.06. The van der Waals surface area contributed by atoms with Crippen LogP contribution in [0.2, 0.25) is 0 Å². The van der Waals surface area contributed by atoms with Crippen LogP contribution in [0.15, 0.2) is 12.2 Å². The zero-order chi connectivity index (χ0) is 8.85. The summed E-state index contributed by atoms with van der Waals surface area (Å²) in [5, 5.41) is 0. The maximum absolute atomic E-state index is 10.4. The first-order valence-electron chi connectivity index (χ1n) is 3.44. The lowest BCUT2D eigenvalue weighted by atomic mass is 9.99. The topological polar surface area (TPSA) is 60.2 Å². The highest BCUT2D eigenvalue weighted by atomic mass is 16.1. The Morgan fingerprint density at radius 1 is 1.64 bits per heavy atom. The summed E-state index contributed by atoms with van der Waals surface area (Å²) in [4.78, 5) is 20.7. The van der Waals surface area contributed by atoms with Gasteiger partial charge < -0.3 is 10.5 Å². The fourth-order valence-corrected chi connectivity index (χ4v) is 0.874. The molecule has 0 heterocycles. The fourth-order valence-electron chi connectivity index (χ4n) is 0.874. The van der Waals surface area contributed by atoms with E-state index in [1.165, 1.54) is 0 Å². The van der Waals surface area contributed by atoms with E-state index in [9.17, 15) is 9.59 Å². The highest BCUT2D eigenvalue weighted by Gasteiger charge is 2.09. The molecule has 0 bridgehead atoms. The standard InChI is InChI=1S/C8H13NO2/c1-6(2)3-7(5-10)4-8(9)11/h5,7H,1,3-4H2,2H3,(H2,9,11). The summed E-state index contributed by atoms with van der Waals surface area (Å²) < 4.78 is 0. The van der Waals surface area contributed by atoms with Crippen LogP contribution in [0.25, 0.3) is 0 Å². The van der Waals surface area contributed by atoms with Gasteiger partial charge in [0.2, 0.25) is 5.91 Å². The van der Waals surface area contributed by atoms with Crippen LogP contribution in [0.4, 0.5) is 0 Å².